The third-order valence-electron chi connectivity index (χ3n) is 2.25. The lowest BCUT2D eigenvalue weighted by molar-refractivity contribution is 0.283. The van der Waals surface area contributed by atoms with Gasteiger partial charge >= 0.3 is 0 Å². The standard InChI is InChI=1S/C12H12O/c1-9-4-2-5-10-6-3-7-11(8-13)12(9)10/h2-7,13H,8H2,1H3/i1D. The molecule has 0 unspecified atom stereocenters. The minimum Gasteiger partial charge on any atom is -0.392 e. The van der Waals surface area contributed by atoms with Gasteiger partial charge in [0.25, 0.3) is 0 Å². The smallest absolute Gasteiger partial charge is 0.0687 e. The molecular formula is C12H12O. The highest BCUT2D eigenvalue weighted by molar-refractivity contribution is 5.88. The summed E-state index contributed by atoms with van der Waals surface area (Å²) >= 11 is 0. The Bertz CT molecular complexity index is 412. The molecule has 1 heteroatoms. The van der Waals surface area contributed by atoms with E-state index in [1.165, 1.54) is 0 Å². The second-order valence-corrected chi connectivity index (χ2v) is 3.09. The Morgan fingerprint density at radius 1 is 1.23 bits per heavy atom. The quantitative estimate of drug-likeness (QED) is 0.702. The molecule has 1 N–H and O–H groups in total. The van der Waals surface area contributed by atoms with Gasteiger partial charge in [0.05, 0.1) is 6.61 Å². The third-order valence-corrected chi connectivity index (χ3v) is 2.25. The normalized spacial score (nSPS) is 11.6. The van der Waals surface area contributed by atoms with E-state index in [-0.39, 0.29) is 13.5 Å². The number of hydrogen-bond donors (Lipinski definition) is 1. The molecule has 0 saturated carbocycles. The fraction of sp³-hybridized carbons (Fsp3) is 0.167. The van der Waals surface area contributed by atoms with E-state index in [9.17, 15) is 5.11 Å². The number of aliphatic hydroxyl groups is 1. The lowest BCUT2D eigenvalue weighted by Crippen LogP contribution is -1.87. The molecule has 0 heterocycles. The Kier molecular flexibility index (Phi) is 1.74. The van der Waals surface area contributed by atoms with Crippen molar-refractivity contribution < 1.29 is 6.48 Å². The van der Waals surface area contributed by atoms with Crippen molar-refractivity contribution in [2.75, 3.05) is 0 Å². The molecule has 0 aromatic heterocycles. The van der Waals surface area contributed by atoms with E-state index >= 15 is 0 Å². The predicted molar refractivity (Wildman–Crippen MR) is 54.6 cm³/mol. The van der Waals surface area contributed by atoms with E-state index in [1.54, 1.807) is 0 Å². The van der Waals surface area contributed by atoms with Gasteiger partial charge in [-0.2, -0.15) is 0 Å². The first kappa shape index (κ1) is 7.10. The first-order valence-corrected chi connectivity index (χ1v) is 4.26. The largest absolute Gasteiger partial charge is 0.392 e. The monoisotopic (exact) mass is 173 g/mol. The molecular weight excluding hydrogens is 160 g/mol. The fourth-order valence-corrected chi connectivity index (χ4v) is 1.63. The van der Waals surface area contributed by atoms with Crippen LogP contribution >= 0.6 is 0 Å². The van der Waals surface area contributed by atoms with Crippen LogP contribution in [-0.4, -0.2) is 5.11 Å². The highest BCUT2D eigenvalue weighted by atomic mass is 16.3. The molecule has 0 radical (unpaired) electrons. The molecule has 0 bridgehead atoms. The van der Waals surface area contributed by atoms with Crippen LogP contribution in [0.5, 0.6) is 0 Å². The topological polar surface area (TPSA) is 20.2 Å². The maximum Gasteiger partial charge on any atom is 0.0687 e. The van der Waals surface area contributed by atoms with Gasteiger partial charge in [-0.15, -0.1) is 0 Å². The number of hydrogen-bond acceptors (Lipinski definition) is 1. The summed E-state index contributed by atoms with van der Waals surface area (Å²) in [5.74, 6) is 0. The average molecular weight is 173 g/mol. The molecule has 0 fully saturated rings. The van der Waals surface area contributed by atoms with E-state index in [2.05, 4.69) is 0 Å². The number of benzene rings is 2. The van der Waals surface area contributed by atoms with Crippen molar-refractivity contribution in [1.82, 2.24) is 0 Å². The van der Waals surface area contributed by atoms with Crippen molar-refractivity contribution in [3.63, 3.8) is 0 Å². The summed E-state index contributed by atoms with van der Waals surface area (Å²) in [5, 5.41) is 11.3. The summed E-state index contributed by atoms with van der Waals surface area (Å²) < 4.78 is 7.42. The summed E-state index contributed by atoms with van der Waals surface area (Å²) in [5.41, 5.74) is 1.89. The Labute approximate surface area is 79.0 Å². The van der Waals surface area contributed by atoms with Crippen LogP contribution in [0.3, 0.4) is 0 Å². The van der Waals surface area contributed by atoms with Crippen LogP contribution in [0.2, 0.25) is 0 Å². The van der Waals surface area contributed by atoms with Crippen molar-refractivity contribution in [3.05, 3.63) is 47.5 Å². The number of aryl methyl sites for hydroxylation is 1. The van der Waals surface area contributed by atoms with Crippen molar-refractivity contribution in [2.24, 2.45) is 0 Å². The molecule has 2 aromatic rings. The minimum atomic E-state index is 0.0361. The van der Waals surface area contributed by atoms with Crippen LogP contribution in [0.4, 0.5) is 0 Å². The Morgan fingerprint density at radius 2 is 2.00 bits per heavy atom. The van der Waals surface area contributed by atoms with Crippen LogP contribution < -0.4 is 0 Å². The van der Waals surface area contributed by atoms with Gasteiger partial charge in [0, 0.05) is 1.37 Å². The Morgan fingerprint density at radius 3 is 2.69 bits per heavy atom. The maximum absolute atomic E-state index is 9.19. The van der Waals surface area contributed by atoms with E-state index in [4.69, 9.17) is 1.37 Å². The molecule has 0 saturated heterocycles. The zero-order valence-electron chi connectivity index (χ0n) is 8.33. The van der Waals surface area contributed by atoms with Gasteiger partial charge in [0.15, 0.2) is 0 Å². The summed E-state index contributed by atoms with van der Waals surface area (Å²) in [6.45, 7) is 0.294. The van der Waals surface area contributed by atoms with Crippen molar-refractivity contribution in [2.45, 2.75) is 13.5 Å². The van der Waals surface area contributed by atoms with Crippen LogP contribution in [0.1, 0.15) is 12.5 Å². The van der Waals surface area contributed by atoms with E-state index in [0.717, 1.165) is 21.9 Å². The van der Waals surface area contributed by atoms with E-state index < -0.39 is 0 Å². The van der Waals surface area contributed by atoms with Crippen molar-refractivity contribution in [1.29, 1.82) is 0 Å². The number of fused-ring (bicyclic) bond motifs is 1. The predicted octanol–water partition coefficient (Wildman–Crippen LogP) is 2.64. The average Bonchev–Trinajstić information content (AvgIpc) is 2.27. The molecule has 0 amide bonds. The molecule has 0 atom stereocenters. The third kappa shape index (κ3) is 1.31. The van der Waals surface area contributed by atoms with E-state index in [0.29, 0.717) is 0 Å². The number of aliphatic hydroxyl groups excluding tert-OH is 1. The molecule has 0 aliphatic carbocycles. The van der Waals surface area contributed by atoms with Crippen LogP contribution in [0.15, 0.2) is 36.4 Å². The fourth-order valence-electron chi connectivity index (χ4n) is 1.63. The summed E-state index contributed by atoms with van der Waals surface area (Å²) in [7, 11) is 0. The van der Waals surface area contributed by atoms with Gasteiger partial charge in [-0.3, -0.25) is 0 Å². The lowest BCUT2D eigenvalue weighted by atomic mass is 10.0. The zero-order chi connectivity index (χ0) is 9.97. The van der Waals surface area contributed by atoms with Gasteiger partial charge in [-0.05, 0) is 28.8 Å². The van der Waals surface area contributed by atoms with Crippen molar-refractivity contribution in [3.8, 4) is 0 Å². The maximum atomic E-state index is 9.19. The molecule has 13 heavy (non-hydrogen) atoms. The molecule has 0 aliphatic heterocycles. The SMILES string of the molecule is [2H]Cc1cccc2cccc(CO)c12. The van der Waals surface area contributed by atoms with Crippen molar-refractivity contribution >= 4 is 10.8 Å². The highest BCUT2D eigenvalue weighted by Gasteiger charge is 2.00. The minimum absolute atomic E-state index is 0.0361. The van der Waals surface area contributed by atoms with Gasteiger partial charge in [-0.25, -0.2) is 0 Å². The van der Waals surface area contributed by atoms with Crippen LogP contribution in [-0.2, 0) is 6.61 Å². The molecule has 2 aromatic carbocycles. The zero-order valence-corrected chi connectivity index (χ0v) is 7.33. The highest BCUT2D eigenvalue weighted by Crippen LogP contribution is 2.22. The van der Waals surface area contributed by atoms with Gasteiger partial charge < -0.3 is 5.11 Å². The Hall–Kier alpha value is -1.34. The van der Waals surface area contributed by atoms with Crippen LogP contribution in [0.25, 0.3) is 10.8 Å². The number of rotatable bonds is 1. The van der Waals surface area contributed by atoms with Gasteiger partial charge in [0.1, 0.15) is 0 Å². The van der Waals surface area contributed by atoms with E-state index in [1.807, 2.05) is 36.4 Å². The summed E-state index contributed by atoms with van der Waals surface area (Å²) in [6, 6.07) is 11.7. The van der Waals surface area contributed by atoms with Gasteiger partial charge in [-0.1, -0.05) is 36.4 Å². The second-order valence-electron chi connectivity index (χ2n) is 3.09. The first-order chi connectivity index (χ1) is 6.86. The second kappa shape index (κ2) is 3.19. The summed E-state index contributed by atoms with van der Waals surface area (Å²) in [6.07, 6.45) is 0. The molecule has 0 spiro atoms. The molecule has 66 valence electrons. The lowest BCUT2D eigenvalue weighted by Gasteiger charge is -2.06. The molecule has 2 rings (SSSR count). The van der Waals surface area contributed by atoms with Gasteiger partial charge in [0.2, 0.25) is 0 Å². The summed E-state index contributed by atoms with van der Waals surface area (Å²) in [4.78, 5) is 0. The van der Waals surface area contributed by atoms with Crippen LogP contribution in [0, 0.1) is 6.90 Å². The Balaban J connectivity index is 2.81. The molecule has 0 aliphatic rings. The molecule has 1 nitrogen and oxygen atoms in total. The first-order valence-electron chi connectivity index (χ1n) is 4.97.